The fourth-order valence-electron chi connectivity index (χ4n) is 1.80. The van der Waals surface area contributed by atoms with Crippen molar-refractivity contribution in [3.8, 4) is 9.75 Å². The SMILES string of the molecule is O=C(O)c1ccsc1-c1sc(C(=O)O)c(C(=O)O)c1C(=O)O. The molecule has 2 aromatic heterocycles. The third-order valence-electron chi connectivity index (χ3n) is 2.63. The fourth-order valence-corrected chi connectivity index (χ4v) is 3.98. The van der Waals surface area contributed by atoms with Crippen LogP contribution < -0.4 is 0 Å². The van der Waals surface area contributed by atoms with Crippen molar-refractivity contribution in [1.29, 1.82) is 0 Å². The molecule has 0 aliphatic rings. The first-order valence-corrected chi connectivity index (χ1v) is 7.13. The Bertz CT molecular complexity index is 813. The molecule has 0 aliphatic carbocycles. The Kier molecular flexibility index (Phi) is 3.97. The average molecular weight is 342 g/mol. The monoisotopic (exact) mass is 342 g/mol. The predicted octanol–water partition coefficient (Wildman–Crippen LogP) is 2.27. The molecule has 0 atom stereocenters. The molecule has 0 unspecified atom stereocenters. The molecule has 8 nitrogen and oxygen atoms in total. The molecule has 0 fully saturated rings. The second-order valence-electron chi connectivity index (χ2n) is 3.89. The summed E-state index contributed by atoms with van der Waals surface area (Å²) in [6.07, 6.45) is 0. The lowest BCUT2D eigenvalue weighted by Gasteiger charge is -2.00. The molecule has 0 saturated heterocycles. The number of carbonyl (C=O) groups is 4. The largest absolute Gasteiger partial charge is 0.478 e. The number of hydrogen-bond acceptors (Lipinski definition) is 6. The Balaban J connectivity index is 2.87. The third-order valence-corrected chi connectivity index (χ3v) is 4.89. The average Bonchev–Trinajstić information content (AvgIpc) is 3.02. The van der Waals surface area contributed by atoms with Crippen molar-refractivity contribution in [2.45, 2.75) is 0 Å². The molecule has 2 aromatic rings. The standard InChI is InChI=1S/C12H6O8S2/c13-9(14)3-1-2-21-6(3)7-4(10(15)16)5(11(17)18)8(22-7)12(19)20/h1-2H,(H,13,14)(H,15,16)(H,17,18)(H,19,20). The summed E-state index contributed by atoms with van der Waals surface area (Å²) in [5.41, 5.74) is -1.80. The van der Waals surface area contributed by atoms with Gasteiger partial charge in [-0.1, -0.05) is 0 Å². The molecule has 0 bridgehead atoms. The van der Waals surface area contributed by atoms with Crippen LogP contribution in [0.2, 0.25) is 0 Å². The Hall–Kier alpha value is -2.72. The number of carboxylic acid groups (broad SMARTS) is 4. The van der Waals surface area contributed by atoms with Gasteiger partial charge in [-0.2, -0.15) is 0 Å². The highest BCUT2D eigenvalue weighted by molar-refractivity contribution is 7.23. The van der Waals surface area contributed by atoms with E-state index in [4.69, 9.17) is 15.3 Å². The Morgan fingerprint density at radius 1 is 0.773 bits per heavy atom. The lowest BCUT2D eigenvalue weighted by Crippen LogP contribution is -2.10. The van der Waals surface area contributed by atoms with Gasteiger partial charge in [0.2, 0.25) is 0 Å². The molecular weight excluding hydrogens is 336 g/mol. The van der Waals surface area contributed by atoms with Gasteiger partial charge in [0.05, 0.1) is 20.9 Å². The van der Waals surface area contributed by atoms with Crippen molar-refractivity contribution in [3.05, 3.63) is 33.0 Å². The molecule has 0 spiro atoms. The van der Waals surface area contributed by atoms with Gasteiger partial charge in [-0.15, -0.1) is 22.7 Å². The molecule has 114 valence electrons. The van der Waals surface area contributed by atoms with Gasteiger partial charge in [0.1, 0.15) is 10.4 Å². The van der Waals surface area contributed by atoms with E-state index < -0.39 is 39.9 Å². The number of hydrogen-bond donors (Lipinski definition) is 4. The van der Waals surface area contributed by atoms with Crippen molar-refractivity contribution < 1.29 is 39.6 Å². The maximum Gasteiger partial charge on any atom is 0.346 e. The Labute approximate surface area is 129 Å². The minimum Gasteiger partial charge on any atom is -0.478 e. The first-order valence-electron chi connectivity index (χ1n) is 5.43. The molecule has 22 heavy (non-hydrogen) atoms. The minimum atomic E-state index is -1.70. The van der Waals surface area contributed by atoms with E-state index in [2.05, 4.69) is 0 Å². The molecule has 4 N–H and O–H groups in total. The van der Waals surface area contributed by atoms with Crippen LogP contribution in [0.15, 0.2) is 11.4 Å². The predicted molar refractivity (Wildman–Crippen MR) is 75.5 cm³/mol. The summed E-state index contributed by atoms with van der Waals surface area (Å²) >= 11 is 1.31. The normalized spacial score (nSPS) is 10.4. The highest BCUT2D eigenvalue weighted by Gasteiger charge is 2.33. The first-order chi connectivity index (χ1) is 10.3. The van der Waals surface area contributed by atoms with Crippen molar-refractivity contribution in [2.75, 3.05) is 0 Å². The van der Waals surface area contributed by atoms with Gasteiger partial charge in [0.25, 0.3) is 0 Å². The number of carboxylic acids is 4. The second-order valence-corrected chi connectivity index (χ2v) is 5.83. The third kappa shape index (κ3) is 2.44. The van der Waals surface area contributed by atoms with Crippen LogP contribution in [0.3, 0.4) is 0 Å². The van der Waals surface area contributed by atoms with Crippen LogP contribution in [-0.2, 0) is 0 Å². The molecule has 0 aromatic carbocycles. The van der Waals surface area contributed by atoms with Gasteiger partial charge < -0.3 is 20.4 Å². The smallest absolute Gasteiger partial charge is 0.346 e. The number of aromatic carboxylic acids is 4. The highest BCUT2D eigenvalue weighted by atomic mass is 32.1. The molecule has 0 amide bonds. The van der Waals surface area contributed by atoms with Crippen LogP contribution in [0.4, 0.5) is 0 Å². The summed E-state index contributed by atoms with van der Waals surface area (Å²) in [5, 5.41) is 37.8. The van der Waals surface area contributed by atoms with Crippen LogP contribution >= 0.6 is 22.7 Å². The first kappa shape index (κ1) is 15.7. The summed E-state index contributed by atoms with van der Waals surface area (Å²) in [4.78, 5) is 44.0. The van der Waals surface area contributed by atoms with Crippen LogP contribution in [0.1, 0.15) is 40.7 Å². The zero-order valence-corrected chi connectivity index (χ0v) is 12.0. The lowest BCUT2D eigenvalue weighted by molar-refractivity contribution is 0.0637. The van der Waals surface area contributed by atoms with Gasteiger partial charge in [0, 0.05) is 0 Å². The van der Waals surface area contributed by atoms with Crippen LogP contribution in [0.5, 0.6) is 0 Å². The van der Waals surface area contributed by atoms with Crippen molar-refractivity contribution in [3.63, 3.8) is 0 Å². The zero-order chi connectivity index (χ0) is 16.6. The molecule has 10 heteroatoms. The number of rotatable bonds is 5. The van der Waals surface area contributed by atoms with Gasteiger partial charge in [-0.3, -0.25) is 0 Å². The van der Waals surface area contributed by atoms with E-state index in [9.17, 15) is 24.3 Å². The number of thiophene rings is 2. The van der Waals surface area contributed by atoms with Crippen LogP contribution in [-0.4, -0.2) is 44.3 Å². The summed E-state index contributed by atoms with van der Waals surface area (Å²) in [5.74, 6) is -6.26. The van der Waals surface area contributed by atoms with Crippen molar-refractivity contribution >= 4 is 46.6 Å². The van der Waals surface area contributed by atoms with E-state index in [1.54, 1.807) is 0 Å². The quantitative estimate of drug-likeness (QED) is 0.646. The minimum absolute atomic E-state index is 0.00454. The molecular formula is C12H6O8S2. The van der Waals surface area contributed by atoms with E-state index in [0.717, 1.165) is 11.3 Å². The van der Waals surface area contributed by atoms with Gasteiger partial charge in [-0.25, -0.2) is 19.2 Å². The Morgan fingerprint density at radius 3 is 1.82 bits per heavy atom. The van der Waals surface area contributed by atoms with Gasteiger partial charge in [-0.05, 0) is 11.4 Å². The topological polar surface area (TPSA) is 149 Å². The van der Waals surface area contributed by atoms with Crippen molar-refractivity contribution in [2.24, 2.45) is 0 Å². The van der Waals surface area contributed by atoms with Crippen LogP contribution in [0, 0.1) is 0 Å². The summed E-state index contributed by atoms with van der Waals surface area (Å²) in [6, 6.07) is 1.23. The fraction of sp³-hybridized carbons (Fsp3) is 0. The molecule has 2 heterocycles. The molecule has 0 radical (unpaired) electrons. The molecule has 0 saturated carbocycles. The van der Waals surface area contributed by atoms with E-state index in [0.29, 0.717) is 11.3 Å². The Morgan fingerprint density at radius 2 is 1.36 bits per heavy atom. The van der Waals surface area contributed by atoms with E-state index in [1.165, 1.54) is 11.4 Å². The van der Waals surface area contributed by atoms with E-state index in [-0.39, 0.29) is 15.3 Å². The maximum absolute atomic E-state index is 11.4. The maximum atomic E-state index is 11.4. The summed E-state index contributed by atoms with van der Waals surface area (Å²) in [7, 11) is 0. The van der Waals surface area contributed by atoms with Crippen LogP contribution in [0.25, 0.3) is 9.75 Å². The zero-order valence-electron chi connectivity index (χ0n) is 10.4. The highest BCUT2D eigenvalue weighted by Crippen LogP contribution is 2.41. The lowest BCUT2D eigenvalue weighted by atomic mass is 10.1. The summed E-state index contributed by atoms with van der Waals surface area (Å²) in [6.45, 7) is 0. The molecule has 2 rings (SSSR count). The van der Waals surface area contributed by atoms with Crippen molar-refractivity contribution in [1.82, 2.24) is 0 Å². The van der Waals surface area contributed by atoms with Gasteiger partial charge in [0.15, 0.2) is 0 Å². The van der Waals surface area contributed by atoms with Gasteiger partial charge >= 0.3 is 23.9 Å². The van der Waals surface area contributed by atoms with E-state index >= 15 is 0 Å². The molecule has 0 aliphatic heterocycles. The second kappa shape index (κ2) is 5.58. The van der Waals surface area contributed by atoms with E-state index in [1.807, 2.05) is 0 Å². The summed E-state index contributed by atoms with van der Waals surface area (Å²) < 4.78 is 0.